The first-order valence-corrected chi connectivity index (χ1v) is 9.45. The lowest BCUT2D eigenvalue weighted by atomic mass is 9.68. The van der Waals surface area contributed by atoms with Gasteiger partial charge >= 0.3 is 0 Å². The fourth-order valence-corrected chi connectivity index (χ4v) is 4.84. The van der Waals surface area contributed by atoms with Gasteiger partial charge < -0.3 is 0 Å². The van der Waals surface area contributed by atoms with E-state index < -0.39 is 0 Å². The van der Waals surface area contributed by atoms with E-state index in [0.29, 0.717) is 0 Å². The number of aryl methyl sites for hydroxylation is 1. The van der Waals surface area contributed by atoms with Gasteiger partial charge in [0.05, 0.1) is 0 Å². The van der Waals surface area contributed by atoms with Crippen molar-refractivity contribution in [3.05, 3.63) is 47.5 Å². The summed E-state index contributed by atoms with van der Waals surface area (Å²) in [5.74, 6) is 3.76. The molecule has 0 amide bonds. The standard InChI is InChI=1S/C22H32.CH4/c1-3-4-18-7-11-20(12-8-18)22-15-13-21(14-16-22)19-9-5-17(2)6-10-19;/h3-6,9-10,18,20-22H,7-8,11-16H2,1-2H3;1H4. The molecule has 0 heterocycles. The summed E-state index contributed by atoms with van der Waals surface area (Å²) in [5, 5.41) is 0. The maximum absolute atomic E-state index is 2.44. The Morgan fingerprint density at radius 2 is 1.30 bits per heavy atom. The minimum Gasteiger partial charge on any atom is -0.0914 e. The predicted molar refractivity (Wildman–Crippen MR) is 103 cm³/mol. The van der Waals surface area contributed by atoms with Crippen LogP contribution in [0.25, 0.3) is 0 Å². The fraction of sp³-hybridized carbons (Fsp3) is 0.652. The molecular formula is C23H36. The minimum atomic E-state index is 0. The Kier molecular flexibility index (Phi) is 6.93. The van der Waals surface area contributed by atoms with Crippen molar-refractivity contribution in [3.63, 3.8) is 0 Å². The molecule has 0 bridgehead atoms. The average molecular weight is 313 g/mol. The van der Waals surface area contributed by atoms with Gasteiger partial charge in [0, 0.05) is 0 Å². The number of benzene rings is 1. The quantitative estimate of drug-likeness (QED) is 0.514. The molecule has 0 heteroatoms. The first-order valence-electron chi connectivity index (χ1n) is 9.45. The Hall–Kier alpha value is -1.04. The van der Waals surface area contributed by atoms with Crippen molar-refractivity contribution >= 4 is 0 Å². The van der Waals surface area contributed by atoms with Crippen molar-refractivity contribution in [2.75, 3.05) is 0 Å². The summed E-state index contributed by atoms with van der Waals surface area (Å²) < 4.78 is 0. The molecule has 0 atom stereocenters. The number of allylic oxidation sites excluding steroid dienone is 2. The highest BCUT2D eigenvalue weighted by molar-refractivity contribution is 5.24. The number of rotatable bonds is 3. The summed E-state index contributed by atoms with van der Waals surface area (Å²) in [6.45, 7) is 4.35. The first kappa shape index (κ1) is 18.3. The smallest absolute Gasteiger partial charge is 0.0162 e. The van der Waals surface area contributed by atoms with E-state index in [2.05, 4.69) is 50.3 Å². The zero-order valence-corrected chi connectivity index (χ0v) is 14.4. The van der Waals surface area contributed by atoms with E-state index in [1.165, 1.54) is 56.9 Å². The van der Waals surface area contributed by atoms with Crippen LogP contribution >= 0.6 is 0 Å². The van der Waals surface area contributed by atoms with Gasteiger partial charge in [0.1, 0.15) is 0 Å². The van der Waals surface area contributed by atoms with E-state index in [1.54, 1.807) is 5.56 Å². The molecule has 0 aromatic heterocycles. The third kappa shape index (κ3) is 4.72. The van der Waals surface area contributed by atoms with Crippen LogP contribution in [0.1, 0.15) is 82.8 Å². The minimum absolute atomic E-state index is 0. The van der Waals surface area contributed by atoms with Gasteiger partial charge in [-0.05, 0) is 94.4 Å². The van der Waals surface area contributed by atoms with Crippen LogP contribution in [0.15, 0.2) is 36.4 Å². The zero-order valence-electron chi connectivity index (χ0n) is 14.4. The summed E-state index contributed by atoms with van der Waals surface area (Å²) in [5.41, 5.74) is 2.97. The summed E-state index contributed by atoms with van der Waals surface area (Å²) in [4.78, 5) is 0. The van der Waals surface area contributed by atoms with Crippen molar-refractivity contribution in [2.24, 2.45) is 17.8 Å². The second kappa shape index (κ2) is 8.71. The molecule has 2 fully saturated rings. The van der Waals surface area contributed by atoms with Gasteiger partial charge in [0.15, 0.2) is 0 Å². The molecular weight excluding hydrogens is 276 g/mol. The topological polar surface area (TPSA) is 0 Å². The summed E-state index contributed by atoms with van der Waals surface area (Å²) in [7, 11) is 0. The fourth-order valence-electron chi connectivity index (χ4n) is 4.84. The van der Waals surface area contributed by atoms with Crippen LogP contribution in [0, 0.1) is 24.7 Å². The average Bonchev–Trinajstić information content (AvgIpc) is 2.57. The molecule has 0 nitrogen and oxygen atoms in total. The third-order valence-corrected chi connectivity index (χ3v) is 6.27. The van der Waals surface area contributed by atoms with Gasteiger partial charge in [0.2, 0.25) is 0 Å². The molecule has 1 aromatic rings. The van der Waals surface area contributed by atoms with Crippen molar-refractivity contribution in [2.45, 2.75) is 78.6 Å². The monoisotopic (exact) mass is 312 g/mol. The highest BCUT2D eigenvalue weighted by Crippen LogP contribution is 2.44. The summed E-state index contributed by atoms with van der Waals surface area (Å²) >= 11 is 0. The highest BCUT2D eigenvalue weighted by Gasteiger charge is 2.30. The Morgan fingerprint density at radius 3 is 1.83 bits per heavy atom. The molecule has 0 radical (unpaired) electrons. The molecule has 2 aliphatic carbocycles. The van der Waals surface area contributed by atoms with Crippen molar-refractivity contribution in [3.8, 4) is 0 Å². The second-order valence-corrected chi connectivity index (χ2v) is 7.72. The molecule has 128 valence electrons. The lowest BCUT2D eigenvalue weighted by Gasteiger charge is -2.37. The van der Waals surface area contributed by atoms with Crippen LogP contribution in [0.2, 0.25) is 0 Å². The lowest BCUT2D eigenvalue weighted by Crippen LogP contribution is -2.25. The van der Waals surface area contributed by atoms with E-state index in [9.17, 15) is 0 Å². The molecule has 0 N–H and O–H groups in total. The number of hydrogen-bond acceptors (Lipinski definition) is 0. The maximum Gasteiger partial charge on any atom is -0.0162 e. The predicted octanol–water partition coefficient (Wildman–Crippen LogP) is 7.29. The van der Waals surface area contributed by atoms with Gasteiger partial charge in [-0.1, -0.05) is 49.4 Å². The molecule has 23 heavy (non-hydrogen) atoms. The van der Waals surface area contributed by atoms with E-state index in [0.717, 1.165) is 23.7 Å². The number of hydrogen-bond donors (Lipinski definition) is 0. The summed E-state index contributed by atoms with van der Waals surface area (Å²) in [6.07, 6.45) is 16.3. The second-order valence-electron chi connectivity index (χ2n) is 7.72. The van der Waals surface area contributed by atoms with Gasteiger partial charge in [-0.2, -0.15) is 0 Å². The third-order valence-electron chi connectivity index (χ3n) is 6.27. The van der Waals surface area contributed by atoms with E-state index in [1.807, 2.05) is 0 Å². The van der Waals surface area contributed by atoms with Crippen molar-refractivity contribution in [1.82, 2.24) is 0 Å². The molecule has 0 spiro atoms. The van der Waals surface area contributed by atoms with E-state index >= 15 is 0 Å². The Labute approximate surface area is 144 Å². The molecule has 2 aliphatic rings. The van der Waals surface area contributed by atoms with Gasteiger partial charge in [-0.25, -0.2) is 0 Å². The van der Waals surface area contributed by atoms with E-state index in [4.69, 9.17) is 0 Å². The molecule has 1 aromatic carbocycles. The molecule has 0 saturated heterocycles. The van der Waals surface area contributed by atoms with Crippen LogP contribution in [0.3, 0.4) is 0 Å². The van der Waals surface area contributed by atoms with Crippen molar-refractivity contribution in [1.29, 1.82) is 0 Å². The molecule has 3 rings (SSSR count). The van der Waals surface area contributed by atoms with Crippen molar-refractivity contribution < 1.29 is 0 Å². The molecule has 0 aliphatic heterocycles. The van der Waals surface area contributed by atoms with E-state index in [-0.39, 0.29) is 7.43 Å². The Balaban J connectivity index is 0.00000192. The van der Waals surface area contributed by atoms with Gasteiger partial charge in [-0.15, -0.1) is 0 Å². The Morgan fingerprint density at radius 1 is 0.783 bits per heavy atom. The molecule has 2 saturated carbocycles. The molecule has 0 unspecified atom stereocenters. The van der Waals surface area contributed by atoms with Gasteiger partial charge in [-0.3, -0.25) is 0 Å². The summed E-state index contributed by atoms with van der Waals surface area (Å²) in [6, 6.07) is 9.29. The normalized spacial score (nSPS) is 31.7. The lowest BCUT2D eigenvalue weighted by molar-refractivity contribution is 0.171. The Bertz CT molecular complexity index is 465. The SMILES string of the molecule is C.CC=CC1CCC(C2CCC(c3ccc(C)cc3)CC2)CC1. The largest absolute Gasteiger partial charge is 0.0914 e. The maximum atomic E-state index is 2.44. The first-order chi connectivity index (χ1) is 10.8. The van der Waals surface area contributed by atoms with Crippen LogP contribution in [0.5, 0.6) is 0 Å². The van der Waals surface area contributed by atoms with Crippen LogP contribution < -0.4 is 0 Å². The highest BCUT2D eigenvalue weighted by atomic mass is 14.4. The van der Waals surface area contributed by atoms with Crippen LogP contribution in [-0.2, 0) is 0 Å². The van der Waals surface area contributed by atoms with Crippen LogP contribution in [0.4, 0.5) is 0 Å². The van der Waals surface area contributed by atoms with Crippen LogP contribution in [-0.4, -0.2) is 0 Å². The van der Waals surface area contributed by atoms with Gasteiger partial charge in [0.25, 0.3) is 0 Å². The zero-order chi connectivity index (χ0) is 15.4.